The van der Waals surface area contributed by atoms with Crippen LogP contribution in [0.5, 0.6) is 5.75 Å². The van der Waals surface area contributed by atoms with E-state index in [0.717, 1.165) is 25.3 Å². The maximum Gasteiger partial charge on any atom is 0.122 e. The third-order valence-electron chi connectivity index (χ3n) is 5.01. The van der Waals surface area contributed by atoms with Crippen molar-refractivity contribution < 1.29 is 4.74 Å². The summed E-state index contributed by atoms with van der Waals surface area (Å²) in [6.07, 6.45) is 3.81. The standard InChI is InChI=1S/C16H22N2O/c1-2-15-14(3-8-19-15)9-13(1)10-18-7-5-16(12-18)4-6-17-11-16/h1-2,9,17H,3-8,10-12H2. The number of fused-ring (bicyclic) bond motifs is 1. The largest absolute Gasteiger partial charge is 0.493 e. The Balaban J connectivity index is 1.44. The van der Waals surface area contributed by atoms with Crippen LogP contribution in [0.15, 0.2) is 18.2 Å². The highest BCUT2D eigenvalue weighted by Gasteiger charge is 2.40. The van der Waals surface area contributed by atoms with Crippen molar-refractivity contribution >= 4 is 0 Å². The van der Waals surface area contributed by atoms with E-state index in [1.165, 1.54) is 50.1 Å². The average molecular weight is 258 g/mol. The lowest BCUT2D eigenvalue weighted by Crippen LogP contribution is -2.28. The molecule has 2 fully saturated rings. The number of benzene rings is 1. The third-order valence-corrected chi connectivity index (χ3v) is 5.01. The highest BCUT2D eigenvalue weighted by atomic mass is 16.5. The number of rotatable bonds is 2. The van der Waals surface area contributed by atoms with Crippen LogP contribution in [0.1, 0.15) is 24.0 Å². The van der Waals surface area contributed by atoms with Crippen LogP contribution >= 0.6 is 0 Å². The molecule has 1 atom stereocenters. The van der Waals surface area contributed by atoms with Gasteiger partial charge in [-0.3, -0.25) is 4.90 Å². The van der Waals surface area contributed by atoms with Gasteiger partial charge < -0.3 is 10.1 Å². The Morgan fingerprint density at radius 3 is 3.21 bits per heavy atom. The van der Waals surface area contributed by atoms with Crippen LogP contribution in [-0.2, 0) is 13.0 Å². The highest BCUT2D eigenvalue weighted by molar-refractivity contribution is 5.39. The molecule has 0 bridgehead atoms. The van der Waals surface area contributed by atoms with Gasteiger partial charge in [-0.2, -0.15) is 0 Å². The van der Waals surface area contributed by atoms with Gasteiger partial charge in [0.05, 0.1) is 6.61 Å². The summed E-state index contributed by atoms with van der Waals surface area (Å²) in [4.78, 5) is 2.63. The van der Waals surface area contributed by atoms with E-state index >= 15 is 0 Å². The molecule has 3 heterocycles. The first-order chi connectivity index (χ1) is 9.33. The summed E-state index contributed by atoms with van der Waals surface area (Å²) in [5, 5.41) is 3.53. The topological polar surface area (TPSA) is 24.5 Å². The molecule has 3 aliphatic heterocycles. The van der Waals surface area contributed by atoms with E-state index in [-0.39, 0.29) is 0 Å². The van der Waals surface area contributed by atoms with E-state index in [2.05, 4.69) is 28.4 Å². The van der Waals surface area contributed by atoms with Crippen LogP contribution in [-0.4, -0.2) is 37.7 Å². The third kappa shape index (κ3) is 2.15. The normalized spacial score (nSPS) is 29.9. The van der Waals surface area contributed by atoms with Crippen LogP contribution in [0.3, 0.4) is 0 Å². The van der Waals surface area contributed by atoms with E-state index < -0.39 is 0 Å². The van der Waals surface area contributed by atoms with E-state index in [9.17, 15) is 0 Å². The summed E-state index contributed by atoms with van der Waals surface area (Å²) in [5.41, 5.74) is 3.43. The van der Waals surface area contributed by atoms with Crippen molar-refractivity contribution in [2.45, 2.75) is 25.8 Å². The van der Waals surface area contributed by atoms with Crippen molar-refractivity contribution in [1.82, 2.24) is 10.2 Å². The Hall–Kier alpha value is -1.06. The summed E-state index contributed by atoms with van der Waals surface area (Å²) < 4.78 is 5.58. The van der Waals surface area contributed by atoms with Gasteiger partial charge in [0.2, 0.25) is 0 Å². The van der Waals surface area contributed by atoms with Crippen LogP contribution in [0.2, 0.25) is 0 Å². The van der Waals surface area contributed by atoms with E-state index in [1.54, 1.807) is 0 Å². The smallest absolute Gasteiger partial charge is 0.122 e. The Morgan fingerprint density at radius 1 is 1.32 bits per heavy atom. The summed E-state index contributed by atoms with van der Waals surface area (Å²) in [6, 6.07) is 6.74. The number of nitrogens with zero attached hydrogens (tertiary/aromatic N) is 1. The van der Waals surface area contributed by atoms with Crippen molar-refractivity contribution in [3.05, 3.63) is 29.3 Å². The molecule has 3 aliphatic rings. The number of ether oxygens (including phenoxy) is 1. The zero-order valence-electron chi connectivity index (χ0n) is 11.5. The van der Waals surface area contributed by atoms with Gasteiger partial charge in [-0.15, -0.1) is 0 Å². The first-order valence-electron chi connectivity index (χ1n) is 7.51. The zero-order valence-corrected chi connectivity index (χ0v) is 11.5. The maximum atomic E-state index is 5.58. The molecular weight excluding hydrogens is 236 g/mol. The second kappa shape index (κ2) is 4.50. The molecule has 102 valence electrons. The van der Waals surface area contributed by atoms with Gasteiger partial charge in [-0.05, 0) is 48.5 Å². The van der Waals surface area contributed by atoms with Crippen molar-refractivity contribution in [3.63, 3.8) is 0 Å². The van der Waals surface area contributed by atoms with Crippen molar-refractivity contribution in [2.24, 2.45) is 5.41 Å². The summed E-state index contributed by atoms with van der Waals surface area (Å²) >= 11 is 0. The van der Waals surface area contributed by atoms with Gasteiger partial charge >= 0.3 is 0 Å². The summed E-state index contributed by atoms with van der Waals surface area (Å²) in [7, 11) is 0. The van der Waals surface area contributed by atoms with Crippen LogP contribution in [0, 0.1) is 5.41 Å². The quantitative estimate of drug-likeness (QED) is 0.875. The molecule has 3 nitrogen and oxygen atoms in total. The second-order valence-electron chi connectivity index (χ2n) is 6.43. The molecule has 0 amide bonds. The molecule has 1 aromatic rings. The molecule has 0 radical (unpaired) electrons. The minimum Gasteiger partial charge on any atom is -0.493 e. The molecule has 0 saturated carbocycles. The lowest BCUT2D eigenvalue weighted by molar-refractivity contribution is 0.268. The van der Waals surface area contributed by atoms with E-state index in [0.29, 0.717) is 5.41 Å². The second-order valence-corrected chi connectivity index (χ2v) is 6.43. The Labute approximate surface area is 114 Å². The molecule has 1 unspecified atom stereocenters. The number of nitrogens with one attached hydrogen (secondary N) is 1. The first kappa shape index (κ1) is 11.7. The fourth-order valence-electron chi connectivity index (χ4n) is 3.90. The van der Waals surface area contributed by atoms with Gasteiger partial charge in [0, 0.05) is 26.1 Å². The lowest BCUT2D eigenvalue weighted by Gasteiger charge is -2.23. The van der Waals surface area contributed by atoms with Crippen molar-refractivity contribution in [2.75, 3.05) is 32.8 Å². The van der Waals surface area contributed by atoms with Gasteiger partial charge in [0.1, 0.15) is 5.75 Å². The number of hydrogen-bond donors (Lipinski definition) is 1. The monoisotopic (exact) mass is 258 g/mol. The molecule has 1 N–H and O–H groups in total. The summed E-state index contributed by atoms with van der Waals surface area (Å²) in [5.74, 6) is 1.10. The number of likely N-dealkylation sites (tertiary alicyclic amines) is 1. The predicted octanol–water partition coefficient (Wildman–Crippen LogP) is 1.81. The molecule has 4 rings (SSSR count). The van der Waals surface area contributed by atoms with Gasteiger partial charge in [0.25, 0.3) is 0 Å². The van der Waals surface area contributed by atoms with Crippen LogP contribution < -0.4 is 10.1 Å². The van der Waals surface area contributed by atoms with Gasteiger partial charge in [-0.25, -0.2) is 0 Å². The van der Waals surface area contributed by atoms with Crippen molar-refractivity contribution in [3.8, 4) is 5.75 Å². The fraction of sp³-hybridized carbons (Fsp3) is 0.625. The molecule has 0 aliphatic carbocycles. The molecule has 0 aromatic heterocycles. The molecular formula is C16H22N2O. The lowest BCUT2D eigenvalue weighted by atomic mass is 9.86. The molecule has 19 heavy (non-hydrogen) atoms. The Morgan fingerprint density at radius 2 is 2.32 bits per heavy atom. The first-order valence-corrected chi connectivity index (χ1v) is 7.51. The van der Waals surface area contributed by atoms with Crippen LogP contribution in [0.4, 0.5) is 0 Å². The molecule has 3 heteroatoms. The fourth-order valence-corrected chi connectivity index (χ4v) is 3.90. The summed E-state index contributed by atoms with van der Waals surface area (Å²) in [6.45, 7) is 6.93. The molecule has 2 saturated heterocycles. The maximum absolute atomic E-state index is 5.58. The SMILES string of the molecule is c1cc2c(cc1CN1CCC3(CCNC3)C1)CCO2. The predicted molar refractivity (Wildman–Crippen MR) is 75.5 cm³/mol. The number of hydrogen-bond acceptors (Lipinski definition) is 3. The average Bonchev–Trinajstić information content (AvgIpc) is 3.12. The van der Waals surface area contributed by atoms with E-state index in [1.807, 2.05) is 0 Å². The highest BCUT2D eigenvalue weighted by Crippen LogP contribution is 2.37. The Bertz CT molecular complexity index is 480. The molecule has 1 spiro atoms. The van der Waals surface area contributed by atoms with Crippen molar-refractivity contribution in [1.29, 1.82) is 0 Å². The molecule has 1 aromatic carbocycles. The zero-order chi connectivity index (χ0) is 12.7. The van der Waals surface area contributed by atoms with Crippen LogP contribution in [0.25, 0.3) is 0 Å². The van der Waals surface area contributed by atoms with Gasteiger partial charge in [0.15, 0.2) is 0 Å². The van der Waals surface area contributed by atoms with Gasteiger partial charge in [-0.1, -0.05) is 12.1 Å². The minimum atomic E-state index is 0.583. The minimum absolute atomic E-state index is 0.583. The Kier molecular flexibility index (Phi) is 2.78. The van der Waals surface area contributed by atoms with E-state index in [4.69, 9.17) is 4.74 Å².